The van der Waals surface area contributed by atoms with Crippen LogP contribution in [0.3, 0.4) is 0 Å². The molecule has 0 aromatic heterocycles. The molecule has 1 saturated heterocycles. The van der Waals surface area contributed by atoms with Gasteiger partial charge in [-0.05, 0) is 62.6 Å². The van der Waals surface area contributed by atoms with Gasteiger partial charge in [-0.2, -0.15) is 0 Å². The van der Waals surface area contributed by atoms with Crippen molar-refractivity contribution in [3.05, 3.63) is 35.9 Å². The fourth-order valence-electron chi connectivity index (χ4n) is 7.23. The normalized spacial score (nSPS) is 19.9. The number of rotatable bonds is 18. The third-order valence-electron chi connectivity index (χ3n) is 10.1. The molecule has 256 valence electrons. The summed E-state index contributed by atoms with van der Waals surface area (Å²) < 4.78 is 12.1. The first-order chi connectivity index (χ1) is 21.3. The lowest BCUT2D eigenvalue weighted by Crippen LogP contribution is -2.55. The average molecular weight is 631 g/mol. The van der Waals surface area contributed by atoms with E-state index in [4.69, 9.17) is 9.47 Å². The number of nitrogens with one attached hydrogen (secondary N) is 1. The van der Waals surface area contributed by atoms with Gasteiger partial charge in [0.25, 0.3) is 0 Å². The summed E-state index contributed by atoms with van der Waals surface area (Å²) >= 11 is 0. The van der Waals surface area contributed by atoms with E-state index >= 15 is 0 Å². The molecule has 9 heteroatoms. The Hall–Kier alpha value is -2.49. The average Bonchev–Trinajstić information content (AvgIpc) is 3.49. The third-order valence-corrected chi connectivity index (χ3v) is 10.1. The Kier molecular flexibility index (Phi) is 16.0. The molecule has 3 amide bonds. The molecule has 1 aromatic carbocycles. The molecule has 1 fully saturated rings. The summed E-state index contributed by atoms with van der Waals surface area (Å²) in [6.45, 7) is 13.2. The lowest BCUT2D eigenvalue weighted by Gasteiger charge is -2.40. The molecule has 1 aliphatic heterocycles. The van der Waals surface area contributed by atoms with E-state index in [1.54, 1.807) is 26.2 Å². The van der Waals surface area contributed by atoms with E-state index in [0.717, 1.165) is 25.7 Å². The van der Waals surface area contributed by atoms with Gasteiger partial charge in [-0.1, -0.05) is 78.3 Å². The van der Waals surface area contributed by atoms with Crippen molar-refractivity contribution in [2.24, 2.45) is 23.7 Å². The molecule has 1 aliphatic rings. The van der Waals surface area contributed by atoms with E-state index < -0.39 is 6.10 Å². The molecule has 0 saturated carbocycles. The van der Waals surface area contributed by atoms with E-state index in [1.165, 1.54) is 5.56 Å². The van der Waals surface area contributed by atoms with E-state index in [9.17, 15) is 14.4 Å². The number of benzene rings is 1. The van der Waals surface area contributed by atoms with Gasteiger partial charge < -0.3 is 24.6 Å². The van der Waals surface area contributed by atoms with Crippen molar-refractivity contribution in [1.82, 2.24) is 20.0 Å². The number of carbonyl (C=O) groups excluding carboxylic acids is 3. The van der Waals surface area contributed by atoms with Gasteiger partial charge >= 0.3 is 0 Å². The topological polar surface area (TPSA) is 91.4 Å². The number of hydrogen-bond donors (Lipinski definition) is 1. The summed E-state index contributed by atoms with van der Waals surface area (Å²) in [4.78, 5) is 45.8. The Labute approximate surface area is 273 Å². The van der Waals surface area contributed by atoms with Crippen LogP contribution in [-0.4, -0.2) is 111 Å². The third kappa shape index (κ3) is 10.5. The van der Waals surface area contributed by atoms with Crippen LogP contribution in [0.2, 0.25) is 0 Å². The Morgan fingerprint density at radius 2 is 1.62 bits per heavy atom. The van der Waals surface area contributed by atoms with Crippen LogP contribution in [0.5, 0.6) is 0 Å². The van der Waals surface area contributed by atoms with E-state index in [-0.39, 0.29) is 72.7 Å². The number of carbonyl (C=O) groups is 3. The number of likely N-dealkylation sites (tertiary alicyclic amines) is 1. The number of nitrogens with zero attached hydrogens (tertiary/aromatic N) is 3. The van der Waals surface area contributed by atoms with Gasteiger partial charge in [0.1, 0.15) is 0 Å². The maximum Gasteiger partial charge on any atom is 0.242 e. The van der Waals surface area contributed by atoms with Gasteiger partial charge in [-0.15, -0.1) is 0 Å². The number of likely N-dealkylation sites (N-methyl/N-ethyl adjacent to an activating group) is 2. The minimum Gasteiger partial charge on any atom is -0.379 e. The predicted molar refractivity (Wildman–Crippen MR) is 181 cm³/mol. The maximum absolute atomic E-state index is 14.0. The lowest BCUT2D eigenvalue weighted by molar-refractivity contribution is -0.144. The van der Waals surface area contributed by atoms with Gasteiger partial charge in [0, 0.05) is 27.8 Å². The maximum atomic E-state index is 14.0. The first-order valence-corrected chi connectivity index (χ1v) is 16.9. The van der Waals surface area contributed by atoms with Crippen LogP contribution in [0.15, 0.2) is 30.3 Å². The van der Waals surface area contributed by atoms with Crippen LogP contribution >= 0.6 is 0 Å². The first-order valence-electron chi connectivity index (χ1n) is 16.9. The molecule has 8 atom stereocenters. The zero-order chi connectivity index (χ0) is 33.8. The van der Waals surface area contributed by atoms with Crippen molar-refractivity contribution in [2.45, 2.75) is 104 Å². The molecular weight excluding hydrogens is 568 g/mol. The highest BCUT2D eigenvalue weighted by atomic mass is 16.5. The van der Waals surface area contributed by atoms with Crippen LogP contribution in [0.1, 0.15) is 72.8 Å². The molecule has 1 aromatic rings. The lowest BCUT2D eigenvalue weighted by atomic mass is 9.82. The van der Waals surface area contributed by atoms with Crippen LogP contribution in [-0.2, 0) is 30.3 Å². The Balaban J connectivity index is 2.15. The smallest absolute Gasteiger partial charge is 0.242 e. The second kappa shape index (κ2) is 18.6. The molecule has 0 radical (unpaired) electrons. The Morgan fingerprint density at radius 3 is 2.16 bits per heavy atom. The monoisotopic (exact) mass is 630 g/mol. The van der Waals surface area contributed by atoms with Crippen LogP contribution in [0, 0.1) is 23.7 Å². The fourth-order valence-corrected chi connectivity index (χ4v) is 7.23. The van der Waals surface area contributed by atoms with Crippen molar-refractivity contribution < 1.29 is 23.9 Å². The minimum absolute atomic E-state index is 0.00421. The highest BCUT2D eigenvalue weighted by molar-refractivity contribution is 5.87. The second-order valence-corrected chi connectivity index (χ2v) is 13.8. The molecule has 0 aliphatic carbocycles. The summed E-state index contributed by atoms with van der Waals surface area (Å²) in [6, 6.07) is 9.86. The van der Waals surface area contributed by atoms with Crippen molar-refractivity contribution in [2.75, 3.05) is 48.5 Å². The summed E-state index contributed by atoms with van der Waals surface area (Å²) in [6.07, 6.45) is 3.22. The van der Waals surface area contributed by atoms with Gasteiger partial charge in [0.15, 0.2) is 0 Å². The number of hydrogen-bond acceptors (Lipinski definition) is 6. The molecule has 2 rings (SSSR count). The summed E-state index contributed by atoms with van der Waals surface area (Å²) in [7, 11) is 8.86. The van der Waals surface area contributed by atoms with Crippen molar-refractivity contribution in [3.63, 3.8) is 0 Å². The highest BCUT2D eigenvalue weighted by Crippen LogP contribution is 2.32. The molecule has 9 nitrogen and oxygen atoms in total. The van der Waals surface area contributed by atoms with Gasteiger partial charge in [0.2, 0.25) is 17.7 Å². The van der Waals surface area contributed by atoms with Crippen LogP contribution < -0.4 is 5.32 Å². The van der Waals surface area contributed by atoms with Gasteiger partial charge in [-0.3, -0.25) is 19.3 Å². The number of amides is 3. The molecule has 1 heterocycles. The van der Waals surface area contributed by atoms with E-state index in [1.807, 2.05) is 43.8 Å². The zero-order valence-corrected chi connectivity index (χ0v) is 29.9. The summed E-state index contributed by atoms with van der Waals surface area (Å²) in [5, 5.41) is 2.84. The van der Waals surface area contributed by atoms with Crippen molar-refractivity contribution in [1.29, 1.82) is 0 Å². The van der Waals surface area contributed by atoms with Crippen LogP contribution in [0.4, 0.5) is 0 Å². The fraction of sp³-hybridized carbons (Fsp3) is 0.750. The van der Waals surface area contributed by atoms with Crippen molar-refractivity contribution in [3.8, 4) is 0 Å². The summed E-state index contributed by atoms with van der Waals surface area (Å²) in [5.41, 5.74) is 1.31. The molecule has 0 spiro atoms. The van der Waals surface area contributed by atoms with Gasteiger partial charge in [-0.25, -0.2) is 0 Å². The van der Waals surface area contributed by atoms with Crippen molar-refractivity contribution >= 4 is 17.7 Å². The van der Waals surface area contributed by atoms with E-state index in [0.29, 0.717) is 12.5 Å². The molecule has 0 bridgehead atoms. The number of methoxy groups -OCH3 is 2. The minimum atomic E-state index is -0.487. The SMILES string of the molecule is CCC(C)C(C(CC(=O)N1CCCC1C(OC)C(C)C(C)Cc1ccccc1)OC)N(C)C(=O)CNC(=O)C(C(C)C)N(C)C. The second-order valence-electron chi connectivity index (χ2n) is 13.8. The molecule has 1 N–H and O–H groups in total. The molecular formula is C36H62N4O5. The highest BCUT2D eigenvalue weighted by Gasteiger charge is 2.41. The van der Waals surface area contributed by atoms with Crippen LogP contribution in [0.25, 0.3) is 0 Å². The molecule has 8 unspecified atom stereocenters. The number of ether oxygens (including phenoxy) is 2. The Morgan fingerprint density at radius 1 is 0.978 bits per heavy atom. The Bertz CT molecular complexity index is 1040. The largest absolute Gasteiger partial charge is 0.379 e. The first kappa shape index (κ1) is 38.7. The standard InChI is InChI=1S/C36H62N4O5/c1-12-25(4)34(39(9)32(42)23-37-36(43)33(24(2)3)38(7)8)30(44-10)22-31(41)40-20-16-19-29(40)35(45-11)27(6)26(5)21-28-17-14-13-15-18-28/h13-15,17-18,24-27,29-30,33-35H,12,16,19-23H2,1-11H3,(H,37,43). The summed E-state index contributed by atoms with van der Waals surface area (Å²) in [5.74, 6) is 0.470. The van der Waals surface area contributed by atoms with E-state index in [2.05, 4.69) is 57.3 Å². The molecule has 45 heavy (non-hydrogen) atoms. The van der Waals surface area contributed by atoms with Gasteiger partial charge in [0.05, 0.1) is 43.3 Å². The predicted octanol–water partition coefficient (Wildman–Crippen LogP) is 4.49. The zero-order valence-electron chi connectivity index (χ0n) is 29.9. The quantitative estimate of drug-likeness (QED) is 0.257.